The van der Waals surface area contributed by atoms with Crippen molar-refractivity contribution in [3.05, 3.63) is 82.3 Å². The smallest absolute Gasteiger partial charge is 0.180 e. The maximum Gasteiger partial charge on any atom is 0.180 e. The van der Waals surface area contributed by atoms with Gasteiger partial charge in [0.2, 0.25) is 0 Å². The molecule has 0 saturated carbocycles. The van der Waals surface area contributed by atoms with Gasteiger partial charge in [-0.25, -0.2) is 9.97 Å². The maximum atomic E-state index is 6.24. The van der Waals surface area contributed by atoms with Gasteiger partial charge in [0.15, 0.2) is 11.4 Å². The van der Waals surface area contributed by atoms with E-state index in [1.807, 2.05) is 72.8 Å². The monoisotopic (exact) mass is 434 g/mol. The minimum atomic E-state index is 0.608. The van der Waals surface area contributed by atoms with Gasteiger partial charge in [0.05, 0.1) is 0 Å². The summed E-state index contributed by atoms with van der Waals surface area (Å²) >= 11 is 9.74. The van der Waals surface area contributed by atoms with Gasteiger partial charge in [-0.2, -0.15) is 0 Å². The number of para-hydroxylation sites is 1. The van der Waals surface area contributed by atoms with Gasteiger partial charge in [0, 0.05) is 26.0 Å². The van der Waals surface area contributed by atoms with Crippen molar-refractivity contribution >= 4 is 49.6 Å². The third kappa shape index (κ3) is 2.91. The molecule has 0 aliphatic heterocycles. The van der Waals surface area contributed by atoms with E-state index in [0.717, 1.165) is 37.8 Å². The minimum absolute atomic E-state index is 0.608. The van der Waals surface area contributed by atoms with Crippen molar-refractivity contribution in [2.75, 3.05) is 0 Å². The van der Waals surface area contributed by atoms with Gasteiger partial charge in [-0.05, 0) is 30.3 Å². The minimum Gasteiger partial charge on any atom is -0.452 e. The lowest BCUT2D eigenvalue weighted by molar-refractivity contribution is 0.667. The molecule has 0 aliphatic carbocycles. The quantitative estimate of drug-likeness (QED) is 0.296. The summed E-state index contributed by atoms with van der Waals surface area (Å²) in [5.41, 5.74) is 4.87. The van der Waals surface area contributed by atoms with Crippen LogP contribution in [0.3, 0.4) is 0 Å². The van der Waals surface area contributed by atoms with Crippen LogP contribution in [0.15, 0.2) is 81.7 Å². The summed E-state index contributed by atoms with van der Waals surface area (Å²) in [7, 11) is 0. The van der Waals surface area contributed by atoms with Gasteiger partial charge in [-0.1, -0.05) is 70.0 Å². The maximum absolute atomic E-state index is 6.24. The Balaban J connectivity index is 1.88. The van der Waals surface area contributed by atoms with Crippen molar-refractivity contribution in [2.45, 2.75) is 0 Å². The van der Waals surface area contributed by atoms with Crippen LogP contribution in [-0.2, 0) is 0 Å². The van der Waals surface area contributed by atoms with E-state index in [0.29, 0.717) is 16.4 Å². The summed E-state index contributed by atoms with van der Waals surface area (Å²) in [4.78, 5) is 9.65. The third-order valence-electron chi connectivity index (χ3n) is 4.39. The van der Waals surface area contributed by atoms with E-state index in [1.165, 1.54) is 0 Å². The second-order valence-electron chi connectivity index (χ2n) is 6.20. The molecule has 0 atom stereocenters. The summed E-state index contributed by atoms with van der Waals surface area (Å²) < 4.78 is 7.00. The fraction of sp³-hybridized carbons (Fsp3) is 0. The van der Waals surface area contributed by atoms with Crippen molar-refractivity contribution in [2.24, 2.45) is 0 Å². The molecule has 5 rings (SSSR count). The molecule has 5 heteroatoms. The Morgan fingerprint density at radius 3 is 2.41 bits per heavy atom. The molecule has 3 nitrogen and oxygen atoms in total. The molecule has 5 aromatic rings. The predicted molar refractivity (Wildman–Crippen MR) is 113 cm³/mol. The molecule has 130 valence electrons. The van der Waals surface area contributed by atoms with Gasteiger partial charge < -0.3 is 4.42 Å². The van der Waals surface area contributed by atoms with Crippen LogP contribution in [0.5, 0.6) is 0 Å². The summed E-state index contributed by atoms with van der Waals surface area (Å²) in [5.74, 6) is 0.608. The Labute approximate surface area is 168 Å². The Morgan fingerprint density at radius 2 is 1.59 bits per heavy atom. The molecule has 0 amide bonds. The highest BCUT2D eigenvalue weighted by atomic mass is 79.9. The van der Waals surface area contributed by atoms with Gasteiger partial charge in [0.25, 0.3) is 0 Å². The normalized spacial score (nSPS) is 11.3. The number of halogens is 2. The number of aromatic nitrogens is 2. The SMILES string of the molecule is Clc1cc(Br)cc(-c2nc(-c3ccccc3)c3oc4ccccc4c3n2)c1. The number of rotatable bonds is 2. The number of benzene rings is 3. The number of hydrogen-bond acceptors (Lipinski definition) is 3. The van der Waals surface area contributed by atoms with Gasteiger partial charge in [0.1, 0.15) is 16.8 Å². The second-order valence-corrected chi connectivity index (χ2v) is 7.55. The molecule has 0 bridgehead atoms. The van der Waals surface area contributed by atoms with Crippen LogP contribution in [0.1, 0.15) is 0 Å². The average molecular weight is 436 g/mol. The highest BCUT2D eigenvalue weighted by molar-refractivity contribution is 9.10. The first kappa shape index (κ1) is 16.5. The van der Waals surface area contributed by atoms with E-state index in [-0.39, 0.29) is 0 Å². The molecule has 0 fully saturated rings. The summed E-state index contributed by atoms with van der Waals surface area (Å²) in [6.07, 6.45) is 0. The third-order valence-corrected chi connectivity index (χ3v) is 5.06. The Hall–Kier alpha value is -2.69. The highest BCUT2D eigenvalue weighted by Gasteiger charge is 2.18. The largest absolute Gasteiger partial charge is 0.452 e. The summed E-state index contributed by atoms with van der Waals surface area (Å²) in [6.45, 7) is 0. The van der Waals surface area contributed by atoms with Crippen LogP contribution in [0.4, 0.5) is 0 Å². The van der Waals surface area contributed by atoms with E-state index in [1.54, 1.807) is 0 Å². The second kappa shape index (κ2) is 6.48. The molecule has 3 aromatic carbocycles. The van der Waals surface area contributed by atoms with E-state index in [9.17, 15) is 0 Å². The van der Waals surface area contributed by atoms with E-state index in [4.69, 9.17) is 26.0 Å². The topological polar surface area (TPSA) is 38.9 Å². The van der Waals surface area contributed by atoms with Crippen LogP contribution in [0.25, 0.3) is 44.7 Å². The van der Waals surface area contributed by atoms with Crippen molar-refractivity contribution in [3.8, 4) is 22.6 Å². The van der Waals surface area contributed by atoms with Crippen molar-refractivity contribution in [3.63, 3.8) is 0 Å². The molecule has 0 radical (unpaired) electrons. The Kier molecular flexibility index (Phi) is 3.96. The Bertz CT molecular complexity index is 1280. The molecule has 27 heavy (non-hydrogen) atoms. The van der Waals surface area contributed by atoms with Crippen LogP contribution >= 0.6 is 27.5 Å². The molecule has 0 spiro atoms. The molecular formula is C22H12BrClN2O. The first-order valence-electron chi connectivity index (χ1n) is 8.40. The van der Waals surface area contributed by atoms with Gasteiger partial charge in [-0.15, -0.1) is 0 Å². The standard InChI is InChI=1S/C22H12BrClN2O/c23-15-10-14(11-16(24)12-15)22-25-19(13-6-2-1-3-7-13)21-20(26-22)17-8-4-5-9-18(17)27-21/h1-12H. The van der Waals surface area contributed by atoms with Gasteiger partial charge >= 0.3 is 0 Å². The lowest BCUT2D eigenvalue weighted by Crippen LogP contribution is -1.94. The average Bonchev–Trinajstić information content (AvgIpc) is 3.06. The number of furan rings is 1. The highest BCUT2D eigenvalue weighted by Crippen LogP contribution is 2.36. The molecule has 0 N–H and O–H groups in total. The molecule has 0 unspecified atom stereocenters. The first-order chi connectivity index (χ1) is 13.2. The summed E-state index contributed by atoms with van der Waals surface area (Å²) in [6, 6.07) is 23.6. The lowest BCUT2D eigenvalue weighted by Gasteiger charge is -2.07. The molecule has 0 saturated heterocycles. The molecule has 0 aliphatic rings. The van der Waals surface area contributed by atoms with E-state index >= 15 is 0 Å². The number of nitrogens with zero attached hydrogens (tertiary/aromatic N) is 2. The zero-order valence-corrected chi connectivity index (χ0v) is 16.3. The van der Waals surface area contributed by atoms with Gasteiger partial charge in [-0.3, -0.25) is 0 Å². The van der Waals surface area contributed by atoms with Crippen LogP contribution in [-0.4, -0.2) is 9.97 Å². The number of fused-ring (bicyclic) bond motifs is 3. The fourth-order valence-corrected chi connectivity index (χ4v) is 4.05. The summed E-state index contributed by atoms with van der Waals surface area (Å²) in [5, 5.41) is 1.59. The van der Waals surface area contributed by atoms with E-state index < -0.39 is 0 Å². The predicted octanol–water partition coefficient (Wildman–Crippen LogP) is 7.13. The lowest BCUT2D eigenvalue weighted by atomic mass is 10.1. The molecular weight excluding hydrogens is 424 g/mol. The van der Waals surface area contributed by atoms with Crippen LogP contribution < -0.4 is 0 Å². The molecule has 2 aromatic heterocycles. The van der Waals surface area contributed by atoms with Crippen molar-refractivity contribution in [1.82, 2.24) is 9.97 Å². The van der Waals surface area contributed by atoms with Crippen LogP contribution in [0.2, 0.25) is 5.02 Å². The first-order valence-corrected chi connectivity index (χ1v) is 9.57. The fourth-order valence-electron chi connectivity index (χ4n) is 3.19. The van der Waals surface area contributed by atoms with Crippen molar-refractivity contribution < 1.29 is 4.42 Å². The zero-order valence-electron chi connectivity index (χ0n) is 14.0. The Morgan fingerprint density at radius 1 is 0.815 bits per heavy atom. The van der Waals surface area contributed by atoms with Crippen molar-refractivity contribution in [1.29, 1.82) is 0 Å². The van der Waals surface area contributed by atoms with Crippen LogP contribution in [0, 0.1) is 0 Å². The zero-order chi connectivity index (χ0) is 18.4. The number of hydrogen-bond donors (Lipinski definition) is 0. The van der Waals surface area contributed by atoms with E-state index in [2.05, 4.69) is 15.9 Å². The molecule has 2 heterocycles.